The Labute approximate surface area is 205 Å². The first kappa shape index (κ1) is 26.3. The Bertz CT molecular complexity index is 1000. The molecule has 2 aromatic rings. The largest absolute Gasteiger partial charge is 0.462 e. The predicted octanol–water partition coefficient (Wildman–Crippen LogP) is 5.26. The Balaban J connectivity index is 2.45. The number of esters is 2. The van der Waals surface area contributed by atoms with Gasteiger partial charge < -0.3 is 20.1 Å². The van der Waals surface area contributed by atoms with Gasteiger partial charge in [-0.05, 0) is 44.9 Å². The number of ether oxygens (including phenoxy) is 2. The van der Waals surface area contributed by atoms with Crippen molar-refractivity contribution in [2.24, 2.45) is 0 Å². The molecule has 1 aromatic heterocycles. The van der Waals surface area contributed by atoms with Crippen LogP contribution >= 0.6 is 46.1 Å². The van der Waals surface area contributed by atoms with Crippen molar-refractivity contribution >= 4 is 69.0 Å². The van der Waals surface area contributed by atoms with Crippen LogP contribution in [-0.4, -0.2) is 41.0 Å². The number of carbonyl (C=O) groups excluding carboxylic acids is 3. The van der Waals surface area contributed by atoms with Crippen LogP contribution in [-0.2, 0) is 9.47 Å². The summed E-state index contributed by atoms with van der Waals surface area (Å²) >= 11 is 19.3. The maximum atomic E-state index is 12.8. The second kappa shape index (κ2) is 11.2. The standard InChI is InChI=1S/C21H23Cl3N2O5S/c1-5-30-18(28)14-12(4)15(19(29)31-6-2)32-17(14)26-20(21(22,23)24)25-16(27)13-10-8-7-9-11(13)3/h7-10,20,26H,5-6H2,1-4H3,(H,25,27)/t20-/m1/s1. The quantitative estimate of drug-likeness (QED) is 0.280. The molecule has 1 amide bonds. The predicted molar refractivity (Wildman–Crippen MR) is 127 cm³/mol. The number of alkyl halides is 3. The van der Waals surface area contributed by atoms with E-state index in [1.165, 1.54) is 0 Å². The summed E-state index contributed by atoms with van der Waals surface area (Å²) in [6.45, 7) is 6.99. The Morgan fingerprint density at radius 2 is 1.62 bits per heavy atom. The van der Waals surface area contributed by atoms with Gasteiger partial charge in [0.05, 0.1) is 18.8 Å². The molecule has 0 aliphatic heterocycles. The number of hydrogen-bond acceptors (Lipinski definition) is 7. The van der Waals surface area contributed by atoms with E-state index in [0.29, 0.717) is 11.1 Å². The number of rotatable bonds is 8. The average Bonchev–Trinajstić information content (AvgIpc) is 3.03. The highest BCUT2D eigenvalue weighted by molar-refractivity contribution is 7.18. The van der Waals surface area contributed by atoms with Crippen molar-refractivity contribution in [3.8, 4) is 0 Å². The summed E-state index contributed by atoms with van der Waals surface area (Å²) in [5.41, 5.74) is 1.59. The zero-order valence-corrected chi connectivity index (χ0v) is 21.0. The third kappa shape index (κ3) is 6.28. The Morgan fingerprint density at radius 1 is 1.03 bits per heavy atom. The first-order valence-corrected chi connectivity index (χ1v) is 11.6. The van der Waals surface area contributed by atoms with Gasteiger partial charge in [-0.3, -0.25) is 4.79 Å². The zero-order chi connectivity index (χ0) is 24.1. The van der Waals surface area contributed by atoms with Crippen molar-refractivity contribution in [2.45, 2.75) is 37.7 Å². The SMILES string of the molecule is CCOC(=O)c1sc(N[C@@H](NC(=O)c2ccccc2C)C(Cl)(Cl)Cl)c(C(=O)OCC)c1C. The molecule has 32 heavy (non-hydrogen) atoms. The highest BCUT2D eigenvalue weighted by Gasteiger charge is 2.37. The van der Waals surface area contributed by atoms with E-state index in [4.69, 9.17) is 44.3 Å². The minimum atomic E-state index is -1.99. The number of anilines is 1. The summed E-state index contributed by atoms with van der Waals surface area (Å²) in [7, 11) is 0. The number of amides is 1. The Morgan fingerprint density at radius 3 is 2.19 bits per heavy atom. The molecule has 7 nitrogen and oxygen atoms in total. The van der Waals surface area contributed by atoms with Crippen LogP contribution in [0.5, 0.6) is 0 Å². The summed E-state index contributed by atoms with van der Waals surface area (Å²) in [6, 6.07) is 6.93. The van der Waals surface area contributed by atoms with Crippen LogP contribution < -0.4 is 10.6 Å². The lowest BCUT2D eigenvalue weighted by Gasteiger charge is -2.27. The van der Waals surface area contributed by atoms with Crippen LogP contribution in [0.2, 0.25) is 0 Å². The third-order valence-corrected chi connectivity index (χ3v) is 6.21. The molecular weight excluding hydrogens is 499 g/mol. The Kier molecular flexibility index (Phi) is 9.21. The van der Waals surface area contributed by atoms with Crippen molar-refractivity contribution in [3.05, 3.63) is 51.4 Å². The molecule has 2 N–H and O–H groups in total. The first-order valence-electron chi connectivity index (χ1n) is 9.68. The molecule has 0 unspecified atom stereocenters. The van der Waals surface area contributed by atoms with Crippen molar-refractivity contribution < 1.29 is 23.9 Å². The third-order valence-electron chi connectivity index (χ3n) is 4.36. The number of carbonyl (C=O) groups is 3. The summed E-state index contributed by atoms with van der Waals surface area (Å²) < 4.78 is 8.20. The van der Waals surface area contributed by atoms with Crippen LogP contribution in [0.3, 0.4) is 0 Å². The van der Waals surface area contributed by atoms with Crippen molar-refractivity contribution in [1.29, 1.82) is 0 Å². The Hall–Kier alpha value is -2.00. The molecule has 1 aromatic carbocycles. The van der Waals surface area contributed by atoms with Gasteiger partial charge in [0, 0.05) is 5.56 Å². The molecule has 0 aliphatic rings. The molecule has 0 fully saturated rings. The number of halogens is 3. The zero-order valence-electron chi connectivity index (χ0n) is 17.9. The summed E-state index contributed by atoms with van der Waals surface area (Å²) in [4.78, 5) is 38.0. The molecule has 0 spiro atoms. The van der Waals surface area contributed by atoms with E-state index >= 15 is 0 Å². The molecule has 11 heteroatoms. The van der Waals surface area contributed by atoms with Crippen LogP contribution in [0.1, 0.15) is 55.4 Å². The lowest BCUT2D eigenvalue weighted by Crippen LogP contribution is -2.49. The maximum absolute atomic E-state index is 12.8. The van der Waals surface area contributed by atoms with Gasteiger partial charge in [-0.2, -0.15) is 0 Å². The number of benzene rings is 1. The highest BCUT2D eigenvalue weighted by atomic mass is 35.6. The van der Waals surface area contributed by atoms with E-state index in [-0.39, 0.29) is 28.7 Å². The van der Waals surface area contributed by atoms with Crippen LogP contribution in [0, 0.1) is 13.8 Å². The summed E-state index contributed by atoms with van der Waals surface area (Å²) in [5.74, 6) is -1.74. The van der Waals surface area contributed by atoms with E-state index in [9.17, 15) is 14.4 Å². The van der Waals surface area contributed by atoms with E-state index < -0.39 is 27.8 Å². The lowest BCUT2D eigenvalue weighted by molar-refractivity contribution is 0.0527. The normalized spacial score (nSPS) is 12.1. The summed E-state index contributed by atoms with van der Waals surface area (Å²) in [5, 5.41) is 5.72. The second-order valence-electron chi connectivity index (χ2n) is 6.61. The second-order valence-corrected chi connectivity index (χ2v) is 10.00. The number of thiophene rings is 1. The van der Waals surface area contributed by atoms with Gasteiger partial charge >= 0.3 is 11.9 Å². The van der Waals surface area contributed by atoms with E-state index in [0.717, 1.165) is 16.9 Å². The average molecular weight is 522 g/mol. The highest BCUT2D eigenvalue weighted by Crippen LogP contribution is 2.38. The number of hydrogen-bond donors (Lipinski definition) is 2. The monoisotopic (exact) mass is 520 g/mol. The molecule has 0 saturated carbocycles. The van der Waals surface area contributed by atoms with Gasteiger partial charge in [-0.15, -0.1) is 11.3 Å². The molecule has 174 valence electrons. The fourth-order valence-electron chi connectivity index (χ4n) is 2.82. The fourth-order valence-corrected chi connectivity index (χ4v) is 4.27. The molecule has 0 aliphatic carbocycles. The molecule has 1 atom stereocenters. The molecule has 0 saturated heterocycles. The van der Waals surface area contributed by atoms with Gasteiger partial charge in [0.1, 0.15) is 16.0 Å². The van der Waals surface area contributed by atoms with Gasteiger partial charge in [0.2, 0.25) is 3.79 Å². The number of aryl methyl sites for hydroxylation is 1. The first-order chi connectivity index (χ1) is 15.0. The van der Waals surface area contributed by atoms with Crippen LogP contribution in [0.15, 0.2) is 24.3 Å². The smallest absolute Gasteiger partial charge is 0.348 e. The maximum Gasteiger partial charge on any atom is 0.348 e. The summed E-state index contributed by atoms with van der Waals surface area (Å²) in [6.07, 6.45) is -1.24. The molecule has 1 heterocycles. The van der Waals surface area contributed by atoms with Gasteiger partial charge in [0.25, 0.3) is 5.91 Å². The van der Waals surface area contributed by atoms with Crippen molar-refractivity contribution in [3.63, 3.8) is 0 Å². The minimum absolute atomic E-state index is 0.101. The van der Waals surface area contributed by atoms with Gasteiger partial charge in [-0.1, -0.05) is 53.0 Å². The van der Waals surface area contributed by atoms with E-state index in [1.54, 1.807) is 52.0 Å². The fraction of sp³-hybridized carbons (Fsp3) is 0.381. The topological polar surface area (TPSA) is 93.7 Å². The van der Waals surface area contributed by atoms with E-state index in [1.807, 2.05) is 0 Å². The molecular formula is C21H23Cl3N2O5S. The van der Waals surface area contributed by atoms with Crippen molar-refractivity contribution in [2.75, 3.05) is 18.5 Å². The molecule has 0 bridgehead atoms. The van der Waals surface area contributed by atoms with Crippen molar-refractivity contribution in [1.82, 2.24) is 5.32 Å². The molecule has 0 radical (unpaired) electrons. The van der Waals surface area contributed by atoms with Gasteiger partial charge in [0.15, 0.2) is 0 Å². The van der Waals surface area contributed by atoms with E-state index in [2.05, 4.69) is 10.6 Å². The van der Waals surface area contributed by atoms with Crippen LogP contribution in [0.4, 0.5) is 5.00 Å². The minimum Gasteiger partial charge on any atom is -0.462 e. The number of nitrogens with one attached hydrogen (secondary N) is 2. The molecule has 2 rings (SSSR count). The van der Waals surface area contributed by atoms with Crippen LogP contribution in [0.25, 0.3) is 0 Å². The van der Waals surface area contributed by atoms with Gasteiger partial charge in [-0.25, -0.2) is 9.59 Å². The lowest BCUT2D eigenvalue weighted by atomic mass is 10.1.